The second-order valence-electron chi connectivity index (χ2n) is 6.95. The lowest BCUT2D eigenvalue weighted by molar-refractivity contribution is 0.102. The first kappa shape index (κ1) is 20.3. The predicted octanol–water partition coefficient (Wildman–Crippen LogP) is 2.84. The van der Waals surface area contributed by atoms with Crippen LogP contribution in [0.15, 0.2) is 27.3 Å². The van der Waals surface area contributed by atoms with Gasteiger partial charge in [-0.25, -0.2) is 0 Å². The summed E-state index contributed by atoms with van der Waals surface area (Å²) in [6.45, 7) is 5.69. The van der Waals surface area contributed by atoms with Crippen molar-refractivity contribution < 1.29 is 14.3 Å². The topological polar surface area (TPSA) is 95.7 Å². The smallest absolute Gasteiger partial charge is 0.297 e. The molecular formula is C18H20N4O4S2. The summed E-state index contributed by atoms with van der Waals surface area (Å²) in [5.41, 5.74) is 0.157. The van der Waals surface area contributed by atoms with E-state index in [1.165, 1.54) is 41.8 Å². The van der Waals surface area contributed by atoms with Crippen molar-refractivity contribution in [1.82, 2.24) is 19.8 Å². The standard InChI is InChI=1S/C18H20N4O4S2/c1-18(2,3)14-15(24)22-16(20-19-14)28-17(21-22)27-9-11(23)10-6-7-12(25-4)13(8-10)26-5/h6-8H,9H2,1-5H3. The summed E-state index contributed by atoms with van der Waals surface area (Å²) in [5.74, 6) is 1.14. The Morgan fingerprint density at radius 2 is 1.89 bits per heavy atom. The molecule has 0 fully saturated rings. The van der Waals surface area contributed by atoms with Crippen LogP contribution in [0.3, 0.4) is 0 Å². The average molecular weight is 421 g/mol. The van der Waals surface area contributed by atoms with Gasteiger partial charge in [-0.05, 0) is 18.2 Å². The lowest BCUT2D eigenvalue weighted by Gasteiger charge is -2.14. The highest BCUT2D eigenvalue weighted by Gasteiger charge is 2.23. The van der Waals surface area contributed by atoms with Crippen LogP contribution in [-0.4, -0.2) is 45.6 Å². The molecule has 148 valence electrons. The van der Waals surface area contributed by atoms with E-state index in [0.717, 1.165) is 0 Å². The van der Waals surface area contributed by atoms with Crippen molar-refractivity contribution in [2.75, 3.05) is 20.0 Å². The summed E-state index contributed by atoms with van der Waals surface area (Å²) in [6, 6.07) is 5.03. The Bertz CT molecular complexity index is 1090. The molecule has 0 aliphatic heterocycles. The maximum Gasteiger partial charge on any atom is 0.297 e. The molecule has 0 amide bonds. The van der Waals surface area contributed by atoms with Crippen LogP contribution in [0.1, 0.15) is 36.8 Å². The third-order valence-electron chi connectivity index (χ3n) is 3.91. The molecule has 0 spiro atoms. The van der Waals surface area contributed by atoms with Gasteiger partial charge in [0.25, 0.3) is 5.56 Å². The van der Waals surface area contributed by atoms with Gasteiger partial charge in [0.2, 0.25) is 4.96 Å². The number of nitrogens with zero attached hydrogens (tertiary/aromatic N) is 4. The zero-order valence-electron chi connectivity index (χ0n) is 16.2. The van der Waals surface area contributed by atoms with Crippen LogP contribution < -0.4 is 15.0 Å². The van der Waals surface area contributed by atoms with Gasteiger partial charge in [-0.15, -0.1) is 15.3 Å². The van der Waals surface area contributed by atoms with Crippen LogP contribution in [0.25, 0.3) is 4.96 Å². The Morgan fingerprint density at radius 3 is 2.54 bits per heavy atom. The molecule has 2 aromatic heterocycles. The van der Waals surface area contributed by atoms with Crippen molar-refractivity contribution >= 4 is 33.8 Å². The quantitative estimate of drug-likeness (QED) is 0.444. The van der Waals surface area contributed by atoms with E-state index in [0.29, 0.717) is 32.1 Å². The number of hydrogen-bond donors (Lipinski definition) is 0. The highest BCUT2D eigenvalue weighted by atomic mass is 32.2. The molecule has 2 heterocycles. The van der Waals surface area contributed by atoms with Gasteiger partial charge in [0.05, 0.1) is 20.0 Å². The first-order valence-electron chi connectivity index (χ1n) is 8.39. The first-order valence-corrected chi connectivity index (χ1v) is 10.2. The van der Waals surface area contributed by atoms with Crippen molar-refractivity contribution in [3.05, 3.63) is 39.8 Å². The molecule has 3 aromatic rings. The van der Waals surface area contributed by atoms with E-state index >= 15 is 0 Å². The Balaban J connectivity index is 1.79. The fourth-order valence-electron chi connectivity index (χ4n) is 2.45. The summed E-state index contributed by atoms with van der Waals surface area (Å²) in [4.78, 5) is 25.5. The molecule has 0 atom stereocenters. The Hall–Kier alpha value is -2.46. The van der Waals surface area contributed by atoms with E-state index in [1.807, 2.05) is 20.8 Å². The second-order valence-corrected chi connectivity index (χ2v) is 9.13. The van der Waals surface area contributed by atoms with Crippen molar-refractivity contribution in [1.29, 1.82) is 0 Å². The number of ketones is 1. The van der Waals surface area contributed by atoms with Crippen LogP contribution in [0, 0.1) is 0 Å². The number of hydrogen-bond acceptors (Lipinski definition) is 9. The molecule has 10 heteroatoms. The first-order chi connectivity index (χ1) is 13.2. The molecule has 0 radical (unpaired) electrons. The van der Waals surface area contributed by atoms with Crippen molar-refractivity contribution in [3.8, 4) is 11.5 Å². The van der Waals surface area contributed by atoms with Crippen LogP contribution in [-0.2, 0) is 5.41 Å². The van der Waals surface area contributed by atoms with Crippen molar-refractivity contribution in [3.63, 3.8) is 0 Å². The van der Waals surface area contributed by atoms with Gasteiger partial charge in [-0.1, -0.05) is 43.9 Å². The van der Waals surface area contributed by atoms with Crippen molar-refractivity contribution in [2.24, 2.45) is 0 Å². The van der Waals surface area contributed by atoms with Gasteiger partial charge >= 0.3 is 0 Å². The van der Waals surface area contributed by atoms with E-state index in [2.05, 4.69) is 15.3 Å². The minimum absolute atomic E-state index is 0.0842. The number of carbonyl (C=O) groups excluding carboxylic acids is 1. The van der Waals surface area contributed by atoms with Crippen LogP contribution in [0.2, 0.25) is 0 Å². The van der Waals surface area contributed by atoms with E-state index in [1.54, 1.807) is 18.2 Å². The molecule has 0 unspecified atom stereocenters. The molecule has 0 N–H and O–H groups in total. The number of thioether (sulfide) groups is 1. The van der Waals surface area contributed by atoms with Gasteiger partial charge in [0, 0.05) is 11.0 Å². The minimum atomic E-state index is -0.425. The Kier molecular flexibility index (Phi) is 5.71. The highest BCUT2D eigenvalue weighted by Crippen LogP contribution is 2.29. The van der Waals surface area contributed by atoms with Gasteiger partial charge in [-0.2, -0.15) is 4.52 Å². The SMILES string of the molecule is COc1ccc(C(=O)CSc2nn3c(=O)c(C(C)(C)C)nnc3s2)cc1OC. The molecule has 0 aliphatic rings. The largest absolute Gasteiger partial charge is 0.493 e. The summed E-state index contributed by atoms with van der Waals surface area (Å²) in [5, 5.41) is 12.5. The summed E-state index contributed by atoms with van der Waals surface area (Å²) in [6.07, 6.45) is 0. The van der Waals surface area contributed by atoms with Crippen molar-refractivity contribution in [2.45, 2.75) is 30.5 Å². The molecular weight excluding hydrogens is 400 g/mol. The number of carbonyl (C=O) groups is 1. The number of ether oxygens (including phenoxy) is 2. The van der Waals surface area contributed by atoms with E-state index < -0.39 is 5.41 Å². The number of fused-ring (bicyclic) bond motifs is 1. The summed E-state index contributed by atoms with van der Waals surface area (Å²) < 4.78 is 12.2. The van der Waals surface area contributed by atoms with Gasteiger partial charge < -0.3 is 9.47 Å². The number of aromatic nitrogens is 4. The third kappa shape index (κ3) is 4.02. The average Bonchev–Trinajstić information content (AvgIpc) is 3.08. The van der Waals surface area contributed by atoms with E-state index in [9.17, 15) is 9.59 Å². The molecule has 3 rings (SSSR count). The second kappa shape index (κ2) is 7.88. The minimum Gasteiger partial charge on any atom is -0.493 e. The number of methoxy groups -OCH3 is 2. The molecule has 8 nitrogen and oxygen atoms in total. The van der Waals surface area contributed by atoms with E-state index in [4.69, 9.17) is 9.47 Å². The zero-order chi connectivity index (χ0) is 20.5. The van der Waals surface area contributed by atoms with E-state index in [-0.39, 0.29) is 17.1 Å². The lowest BCUT2D eigenvalue weighted by Crippen LogP contribution is -2.30. The molecule has 0 bridgehead atoms. The fraction of sp³-hybridized carbons (Fsp3) is 0.389. The monoisotopic (exact) mass is 420 g/mol. The Morgan fingerprint density at radius 1 is 1.18 bits per heavy atom. The van der Waals surface area contributed by atoms with Crippen LogP contribution in [0.4, 0.5) is 0 Å². The Labute approximate surface area is 169 Å². The normalized spacial score (nSPS) is 11.6. The number of Topliss-reactive ketones (excluding diaryl/α,β-unsaturated/α-hetero) is 1. The maximum atomic E-state index is 12.6. The van der Waals surface area contributed by atoms with Gasteiger partial charge in [0.1, 0.15) is 5.69 Å². The highest BCUT2D eigenvalue weighted by molar-refractivity contribution is 8.01. The summed E-state index contributed by atoms with van der Waals surface area (Å²) >= 11 is 2.48. The zero-order valence-corrected chi connectivity index (χ0v) is 17.8. The lowest BCUT2D eigenvalue weighted by atomic mass is 9.93. The molecule has 0 saturated heterocycles. The van der Waals surface area contributed by atoms with Gasteiger partial charge in [-0.3, -0.25) is 9.59 Å². The summed E-state index contributed by atoms with van der Waals surface area (Å²) in [7, 11) is 3.06. The third-order valence-corrected chi connectivity index (χ3v) is 5.95. The fourth-order valence-corrected chi connectivity index (χ4v) is 4.21. The molecule has 0 saturated carbocycles. The molecule has 0 aliphatic carbocycles. The number of rotatable bonds is 6. The molecule has 28 heavy (non-hydrogen) atoms. The molecule has 1 aromatic carbocycles. The van der Waals surface area contributed by atoms with Crippen LogP contribution >= 0.6 is 23.1 Å². The maximum absolute atomic E-state index is 12.6. The number of benzene rings is 1. The predicted molar refractivity (Wildman–Crippen MR) is 108 cm³/mol. The van der Waals surface area contributed by atoms with Crippen LogP contribution in [0.5, 0.6) is 11.5 Å². The van der Waals surface area contributed by atoms with Gasteiger partial charge in [0.15, 0.2) is 21.6 Å².